The van der Waals surface area contributed by atoms with Crippen LogP contribution in [-0.4, -0.2) is 29.2 Å². The van der Waals surface area contributed by atoms with Gasteiger partial charge in [-0.2, -0.15) is 0 Å². The Hall–Kier alpha value is -1.20. The molecule has 5 nitrogen and oxygen atoms in total. The Balaban J connectivity index is 2.08. The van der Waals surface area contributed by atoms with Crippen LogP contribution < -0.4 is 10.9 Å². The van der Waals surface area contributed by atoms with Crippen LogP contribution in [0.1, 0.15) is 49.8 Å². The van der Waals surface area contributed by atoms with Crippen LogP contribution in [0.2, 0.25) is 0 Å². The van der Waals surface area contributed by atoms with Gasteiger partial charge < -0.3 is 15.0 Å². The van der Waals surface area contributed by atoms with Crippen LogP contribution in [0, 0.1) is 19.8 Å². The summed E-state index contributed by atoms with van der Waals surface area (Å²) in [5, 5.41) is 3.55. The van der Waals surface area contributed by atoms with E-state index in [0.29, 0.717) is 17.8 Å². The highest BCUT2D eigenvalue weighted by molar-refractivity contribution is 5.20. The summed E-state index contributed by atoms with van der Waals surface area (Å²) in [6.07, 6.45) is 2.17. The topological polar surface area (TPSA) is 67.0 Å². The molecule has 0 spiro atoms. The van der Waals surface area contributed by atoms with E-state index in [1.807, 2.05) is 13.8 Å². The van der Waals surface area contributed by atoms with Gasteiger partial charge in [0.05, 0.1) is 5.56 Å². The maximum Gasteiger partial charge on any atom is 0.255 e. The number of ether oxygens (including phenoxy) is 1. The first-order valence-corrected chi connectivity index (χ1v) is 7.40. The summed E-state index contributed by atoms with van der Waals surface area (Å²) in [7, 11) is 0. The predicted molar refractivity (Wildman–Crippen MR) is 78.9 cm³/mol. The fourth-order valence-electron chi connectivity index (χ4n) is 3.08. The van der Waals surface area contributed by atoms with Crippen LogP contribution in [-0.2, 0) is 4.74 Å². The van der Waals surface area contributed by atoms with Crippen molar-refractivity contribution in [3.63, 3.8) is 0 Å². The number of hydrogen-bond acceptors (Lipinski definition) is 4. The molecule has 0 bridgehead atoms. The van der Waals surface area contributed by atoms with Crippen LogP contribution in [0.5, 0.6) is 0 Å². The fraction of sp³-hybridized carbons (Fsp3) is 0.733. The Morgan fingerprint density at radius 3 is 2.55 bits per heavy atom. The normalized spacial score (nSPS) is 19.8. The van der Waals surface area contributed by atoms with Crippen molar-refractivity contribution in [3.8, 4) is 0 Å². The highest BCUT2D eigenvalue weighted by Gasteiger charge is 2.23. The average Bonchev–Trinajstić information content (AvgIpc) is 2.38. The maximum atomic E-state index is 12.1. The first-order chi connectivity index (χ1) is 9.49. The Kier molecular flexibility index (Phi) is 4.94. The van der Waals surface area contributed by atoms with E-state index >= 15 is 0 Å². The molecule has 5 heteroatoms. The molecule has 1 aromatic heterocycles. The highest BCUT2D eigenvalue weighted by atomic mass is 16.5. The molecule has 0 amide bonds. The predicted octanol–water partition coefficient (Wildman–Crippen LogP) is 1.85. The molecular weight excluding hydrogens is 254 g/mol. The third-order valence-electron chi connectivity index (χ3n) is 4.18. The molecule has 2 rings (SSSR count). The van der Waals surface area contributed by atoms with Gasteiger partial charge in [0.1, 0.15) is 5.82 Å². The van der Waals surface area contributed by atoms with Gasteiger partial charge in [-0.3, -0.25) is 4.79 Å². The minimum absolute atomic E-state index is 0.00435. The molecule has 2 atom stereocenters. The van der Waals surface area contributed by atoms with E-state index in [1.165, 1.54) is 0 Å². The maximum absolute atomic E-state index is 12.1. The largest absolute Gasteiger partial charge is 0.381 e. The number of aromatic amines is 1. The molecule has 2 heterocycles. The third kappa shape index (κ3) is 3.46. The number of aromatic nitrogens is 2. The third-order valence-corrected chi connectivity index (χ3v) is 4.18. The average molecular weight is 279 g/mol. The summed E-state index contributed by atoms with van der Waals surface area (Å²) in [5.74, 6) is 1.28. The lowest BCUT2D eigenvalue weighted by Gasteiger charge is -2.30. The summed E-state index contributed by atoms with van der Waals surface area (Å²) in [6.45, 7) is 9.62. The molecule has 0 aliphatic carbocycles. The lowest BCUT2D eigenvalue weighted by molar-refractivity contribution is 0.0546. The van der Waals surface area contributed by atoms with Crippen molar-refractivity contribution >= 4 is 0 Å². The van der Waals surface area contributed by atoms with E-state index in [0.717, 1.165) is 37.3 Å². The van der Waals surface area contributed by atoms with Crippen LogP contribution in [0.25, 0.3) is 0 Å². The van der Waals surface area contributed by atoms with Gasteiger partial charge in [0.25, 0.3) is 5.56 Å². The second-order valence-corrected chi connectivity index (χ2v) is 5.78. The standard InChI is InChI=1S/C15H25N3O2/c1-9(13-5-7-20-8-6-13)16-10(2)14-11(3)17-12(4)18-15(14)19/h9-10,13,16H,5-8H2,1-4H3,(H,17,18,19). The first kappa shape index (κ1) is 15.2. The summed E-state index contributed by atoms with van der Waals surface area (Å²) in [6, 6.07) is 0.374. The van der Waals surface area contributed by atoms with Gasteiger partial charge in [0.15, 0.2) is 0 Å². The van der Waals surface area contributed by atoms with Crippen molar-refractivity contribution in [3.05, 3.63) is 27.4 Å². The number of nitrogens with zero attached hydrogens (tertiary/aromatic N) is 1. The number of nitrogens with one attached hydrogen (secondary N) is 2. The van der Waals surface area contributed by atoms with Gasteiger partial charge in [-0.25, -0.2) is 4.98 Å². The van der Waals surface area contributed by atoms with Crippen molar-refractivity contribution in [2.45, 2.75) is 52.6 Å². The molecule has 20 heavy (non-hydrogen) atoms. The quantitative estimate of drug-likeness (QED) is 0.882. The summed E-state index contributed by atoms with van der Waals surface area (Å²) < 4.78 is 5.40. The number of rotatable bonds is 4. The molecule has 1 aromatic rings. The van der Waals surface area contributed by atoms with Crippen LogP contribution in [0.3, 0.4) is 0 Å². The molecule has 1 aliphatic rings. The van der Waals surface area contributed by atoms with Gasteiger partial charge in [-0.1, -0.05) is 0 Å². The molecule has 0 aromatic carbocycles. The Morgan fingerprint density at radius 1 is 1.30 bits per heavy atom. The molecule has 1 saturated heterocycles. The minimum Gasteiger partial charge on any atom is -0.381 e. The zero-order valence-electron chi connectivity index (χ0n) is 12.8. The van der Waals surface area contributed by atoms with Crippen LogP contribution in [0.4, 0.5) is 0 Å². The Bertz CT molecular complexity index is 506. The minimum atomic E-state index is -0.0332. The van der Waals surface area contributed by atoms with E-state index in [4.69, 9.17) is 4.74 Å². The zero-order valence-corrected chi connectivity index (χ0v) is 12.8. The van der Waals surface area contributed by atoms with Crippen molar-refractivity contribution in [2.75, 3.05) is 13.2 Å². The Labute approximate surface area is 120 Å². The van der Waals surface area contributed by atoms with Crippen molar-refractivity contribution in [1.82, 2.24) is 15.3 Å². The van der Waals surface area contributed by atoms with Crippen molar-refractivity contribution in [2.24, 2.45) is 5.92 Å². The van der Waals surface area contributed by atoms with Gasteiger partial charge in [0, 0.05) is 31.0 Å². The molecule has 1 fully saturated rings. The molecule has 1 aliphatic heterocycles. The fourth-order valence-corrected chi connectivity index (χ4v) is 3.08. The summed E-state index contributed by atoms with van der Waals surface area (Å²) in [4.78, 5) is 19.3. The summed E-state index contributed by atoms with van der Waals surface area (Å²) >= 11 is 0. The van der Waals surface area contributed by atoms with Gasteiger partial charge >= 0.3 is 0 Å². The number of hydrogen-bond donors (Lipinski definition) is 2. The van der Waals surface area contributed by atoms with E-state index in [9.17, 15) is 4.79 Å². The molecule has 0 saturated carbocycles. The van der Waals surface area contributed by atoms with E-state index < -0.39 is 0 Å². The van der Waals surface area contributed by atoms with E-state index in [1.54, 1.807) is 6.92 Å². The lowest BCUT2D eigenvalue weighted by atomic mass is 9.92. The first-order valence-electron chi connectivity index (χ1n) is 7.40. The molecule has 112 valence electrons. The summed E-state index contributed by atoms with van der Waals surface area (Å²) in [5.41, 5.74) is 1.52. The van der Waals surface area contributed by atoms with Crippen LogP contribution >= 0.6 is 0 Å². The van der Waals surface area contributed by atoms with Crippen LogP contribution in [0.15, 0.2) is 4.79 Å². The van der Waals surface area contributed by atoms with Crippen molar-refractivity contribution in [1.29, 1.82) is 0 Å². The van der Waals surface area contributed by atoms with E-state index in [-0.39, 0.29) is 11.6 Å². The molecule has 2 unspecified atom stereocenters. The zero-order chi connectivity index (χ0) is 14.7. The SMILES string of the molecule is Cc1nc(C)c(C(C)NC(C)C2CCOCC2)c(=O)[nH]1. The monoisotopic (exact) mass is 279 g/mol. The van der Waals surface area contributed by atoms with Crippen molar-refractivity contribution < 1.29 is 4.74 Å². The molecular formula is C15H25N3O2. The van der Waals surface area contributed by atoms with Gasteiger partial charge in [-0.05, 0) is 46.5 Å². The number of H-pyrrole nitrogens is 1. The Morgan fingerprint density at radius 2 is 1.95 bits per heavy atom. The second kappa shape index (κ2) is 6.50. The van der Waals surface area contributed by atoms with Gasteiger partial charge in [0.2, 0.25) is 0 Å². The second-order valence-electron chi connectivity index (χ2n) is 5.78. The smallest absolute Gasteiger partial charge is 0.255 e. The highest BCUT2D eigenvalue weighted by Crippen LogP contribution is 2.21. The molecule has 2 N–H and O–H groups in total. The van der Waals surface area contributed by atoms with Gasteiger partial charge in [-0.15, -0.1) is 0 Å². The molecule has 0 radical (unpaired) electrons. The lowest BCUT2D eigenvalue weighted by Crippen LogP contribution is -2.40. The van der Waals surface area contributed by atoms with E-state index in [2.05, 4.69) is 22.2 Å². The number of aryl methyl sites for hydroxylation is 2.